The second-order valence-electron chi connectivity index (χ2n) is 15.7. The van der Waals surface area contributed by atoms with Crippen LogP contribution in [0.2, 0.25) is 0 Å². The molecule has 1 aliphatic rings. The van der Waals surface area contributed by atoms with Gasteiger partial charge in [0.25, 0.3) is 0 Å². The summed E-state index contributed by atoms with van der Waals surface area (Å²) in [5.74, 6) is -12.5. The van der Waals surface area contributed by atoms with Crippen LogP contribution >= 0.6 is 0 Å². The number of carbonyl (C=O) groups excluding carboxylic acids is 12. The van der Waals surface area contributed by atoms with Crippen LogP contribution in [0.3, 0.4) is 0 Å². The highest BCUT2D eigenvalue weighted by Crippen LogP contribution is 2.14. The smallest absolute Gasteiger partial charge is 0.245 e. The molecule has 1 fully saturated rings. The van der Waals surface area contributed by atoms with Crippen molar-refractivity contribution in [1.82, 2.24) is 47.4 Å². The number of amides is 12. The number of phenolic OH excluding ortho intramolecular Hbond substituents is 1. The minimum atomic E-state index is -1.86. The topological polar surface area (TPSA) is 423 Å². The Balaban J connectivity index is 2.59. The highest BCUT2D eigenvalue weighted by Gasteiger charge is 2.36. The lowest BCUT2D eigenvalue weighted by Crippen LogP contribution is -2.61. The number of aliphatic hydroxyl groups is 1. The van der Waals surface area contributed by atoms with Gasteiger partial charge in [0.15, 0.2) is 0 Å². The van der Waals surface area contributed by atoms with Crippen LogP contribution in [0.1, 0.15) is 64.9 Å². The molecule has 0 radical (unpaired) electrons. The first-order chi connectivity index (χ1) is 30.9. The number of primary amides is 3. The molecule has 2 rings (SSSR count). The number of likely N-dealkylation sites (N-methyl/N-ethyl adjacent to an activating group) is 1. The van der Waals surface area contributed by atoms with Gasteiger partial charge in [0, 0.05) is 26.3 Å². The summed E-state index contributed by atoms with van der Waals surface area (Å²) in [7, 11) is 1.10. The van der Waals surface area contributed by atoms with Crippen molar-refractivity contribution in [3.8, 4) is 5.75 Å². The third kappa shape index (κ3) is 18.8. The average Bonchev–Trinajstić information content (AvgIpc) is 3.24. The summed E-state index contributed by atoms with van der Waals surface area (Å²) in [6, 6.07) is -3.90. The lowest BCUT2D eigenvalue weighted by atomic mass is 9.96. The number of rotatable bonds is 17. The zero-order valence-electron chi connectivity index (χ0n) is 37.0. The number of nitrogens with zero attached hydrogens (tertiary/aromatic N) is 1. The number of carbonyl (C=O) groups is 12. The van der Waals surface area contributed by atoms with E-state index >= 15 is 0 Å². The van der Waals surface area contributed by atoms with Gasteiger partial charge in [0.1, 0.15) is 42.0 Å². The predicted octanol–water partition coefficient (Wildman–Crippen LogP) is -6.62. The standard InChI is InChI=1S/C40H60N12O14/c1-5-19(2)33-39(65)47-23(10-12-27(41)55)35(61)49-26(15-28(42)56)36(62)48-24(40(66)52(4)18-32(60)50-34(20(3)53)38(64)45-16-29(43)57)11-13-30(58)44-17-31(59)46-25(37(63)51-33)14-21-6-8-22(54)9-7-21/h6-9,19-20,23-26,33-34,53-54H,5,10-18H2,1-4H3,(H2,41,55)(H2,42,56)(H2,43,57)(H,44,58)(H,45,64)(H,46,59)(H,47,65)(H,48,62)(H,49,61)(H,50,60)(H,51,63)/t19-,20-,23-,24-,25-,26-,33-,34-/m0/s1. The van der Waals surface area contributed by atoms with Gasteiger partial charge in [-0.3, -0.25) is 57.5 Å². The molecule has 364 valence electrons. The molecule has 1 aromatic carbocycles. The van der Waals surface area contributed by atoms with Crippen LogP contribution in [0.25, 0.3) is 0 Å². The van der Waals surface area contributed by atoms with E-state index < -0.39 is 171 Å². The molecule has 1 heterocycles. The van der Waals surface area contributed by atoms with Crippen molar-refractivity contribution in [2.24, 2.45) is 23.1 Å². The van der Waals surface area contributed by atoms with E-state index in [9.17, 15) is 67.7 Å². The molecule has 26 heteroatoms. The summed E-state index contributed by atoms with van der Waals surface area (Å²) in [5, 5.41) is 38.7. The maximum atomic E-state index is 13.9. The van der Waals surface area contributed by atoms with Gasteiger partial charge in [-0.2, -0.15) is 0 Å². The molecule has 0 aliphatic carbocycles. The summed E-state index contributed by atoms with van der Waals surface area (Å²) in [6.45, 7) is 2.34. The molecule has 0 unspecified atom stereocenters. The first-order valence-electron chi connectivity index (χ1n) is 20.8. The molecular weight excluding hydrogens is 873 g/mol. The molecule has 1 aliphatic heterocycles. The molecule has 0 bridgehead atoms. The van der Waals surface area contributed by atoms with Crippen molar-refractivity contribution in [2.45, 2.75) is 108 Å². The van der Waals surface area contributed by atoms with Crippen molar-refractivity contribution in [2.75, 3.05) is 26.7 Å². The Morgan fingerprint density at radius 2 is 1.39 bits per heavy atom. The molecule has 66 heavy (non-hydrogen) atoms. The van der Waals surface area contributed by atoms with Gasteiger partial charge in [0.2, 0.25) is 70.9 Å². The molecule has 0 spiro atoms. The fraction of sp³-hybridized carbons (Fsp3) is 0.550. The van der Waals surface area contributed by atoms with E-state index in [-0.39, 0.29) is 12.2 Å². The second kappa shape index (κ2) is 26.4. The van der Waals surface area contributed by atoms with Gasteiger partial charge in [-0.05, 0) is 43.4 Å². The van der Waals surface area contributed by atoms with Crippen LogP contribution in [0.15, 0.2) is 24.3 Å². The van der Waals surface area contributed by atoms with Crippen LogP contribution < -0.4 is 59.7 Å². The number of aliphatic hydroxyl groups excluding tert-OH is 1. The summed E-state index contributed by atoms with van der Waals surface area (Å²) in [6.07, 6.45) is -4.26. The molecule has 0 saturated carbocycles. The molecular formula is C40H60N12O14. The zero-order valence-corrected chi connectivity index (χ0v) is 37.0. The van der Waals surface area contributed by atoms with Crippen LogP contribution in [0.4, 0.5) is 0 Å². The van der Waals surface area contributed by atoms with Gasteiger partial charge in [-0.25, -0.2) is 0 Å². The quantitative estimate of drug-likeness (QED) is 0.0691. The molecule has 1 aromatic rings. The van der Waals surface area contributed by atoms with Crippen molar-refractivity contribution >= 4 is 70.9 Å². The number of hydrogen-bond donors (Lipinski definition) is 13. The highest BCUT2D eigenvalue weighted by molar-refractivity contribution is 5.99. The Hall–Kier alpha value is -7.38. The number of nitrogens with one attached hydrogen (secondary N) is 8. The monoisotopic (exact) mass is 932 g/mol. The SMILES string of the molecule is CC[C@H](C)[C@@H]1NC(=O)[C@H](Cc2ccc(O)cc2)NC(=O)CNC(=O)CC[C@@H](C(=O)N(C)CC(=O)N[C@H](C(=O)NCC(N)=O)[C@H](C)O)NC(=O)[C@H](CC(N)=O)NC(=O)[C@H](CCC(N)=O)NC1=O. The largest absolute Gasteiger partial charge is 0.508 e. The first-order valence-corrected chi connectivity index (χ1v) is 20.8. The predicted molar refractivity (Wildman–Crippen MR) is 229 cm³/mol. The van der Waals surface area contributed by atoms with Gasteiger partial charge in [-0.1, -0.05) is 32.4 Å². The second-order valence-corrected chi connectivity index (χ2v) is 15.7. The molecule has 26 nitrogen and oxygen atoms in total. The van der Waals surface area contributed by atoms with E-state index in [4.69, 9.17) is 17.2 Å². The van der Waals surface area contributed by atoms with Gasteiger partial charge in [-0.15, -0.1) is 0 Å². The Bertz CT molecular complexity index is 1980. The minimum absolute atomic E-state index is 0.0808. The molecule has 0 aromatic heterocycles. The molecule has 8 atom stereocenters. The Labute approximate surface area is 379 Å². The molecule has 16 N–H and O–H groups in total. The van der Waals surface area contributed by atoms with Crippen molar-refractivity contribution < 1.29 is 67.7 Å². The third-order valence-electron chi connectivity index (χ3n) is 10.2. The summed E-state index contributed by atoms with van der Waals surface area (Å²) < 4.78 is 0. The summed E-state index contributed by atoms with van der Waals surface area (Å²) in [5.41, 5.74) is 16.3. The number of nitrogens with two attached hydrogens (primary N) is 3. The van der Waals surface area contributed by atoms with Crippen LogP contribution in [-0.2, 0) is 64.0 Å². The van der Waals surface area contributed by atoms with E-state index in [1.165, 1.54) is 24.3 Å². The summed E-state index contributed by atoms with van der Waals surface area (Å²) in [4.78, 5) is 157. The fourth-order valence-corrected chi connectivity index (χ4v) is 6.32. The fourth-order valence-electron chi connectivity index (χ4n) is 6.32. The summed E-state index contributed by atoms with van der Waals surface area (Å²) >= 11 is 0. The Morgan fingerprint density at radius 3 is 1.97 bits per heavy atom. The lowest BCUT2D eigenvalue weighted by molar-refractivity contribution is -0.140. The number of hydrogen-bond acceptors (Lipinski definition) is 14. The average molecular weight is 933 g/mol. The zero-order chi connectivity index (χ0) is 49.8. The van der Waals surface area contributed by atoms with Crippen LogP contribution in [0.5, 0.6) is 5.75 Å². The maximum absolute atomic E-state index is 13.9. The molecule has 1 saturated heterocycles. The van der Waals surface area contributed by atoms with Gasteiger partial charge >= 0.3 is 0 Å². The lowest BCUT2D eigenvalue weighted by Gasteiger charge is -2.29. The van der Waals surface area contributed by atoms with Crippen molar-refractivity contribution in [1.29, 1.82) is 0 Å². The maximum Gasteiger partial charge on any atom is 0.245 e. The van der Waals surface area contributed by atoms with Gasteiger partial charge in [0.05, 0.1) is 32.2 Å². The Morgan fingerprint density at radius 1 is 0.788 bits per heavy atom. The van der Waals surface area contributed by atoms with E-state index in [1.54, 1.807) is 13.8 Å². The van der Waals surface area contributed by atoms with Crippen LogP contribution in [0, 0.1) is 5.92 Å². The Kier molecular flexibility index (Phi) is 21.9. The van der Waals surface area contributed by atoms with E-state index in [0.717, 1.165) is 18.9 Å². The number of phenols is 1. The van der Waals surface area contributed by atoms with Crippen molar-refractivity contribution in [3.63, 3.8) is 0 Å². The van der Waals surface area contributed by atoms with E-state index in [0.29, 0.717) is 12.0 Å². The first kappa shape index (κ1) is 54.8. The van der Waals surface area contributed by atoms with E-state index in [1.807, 2.05) is 0 Å². The van der Waals surface area contributed by atoms with Crippen LogP contribution in [-0.4, -0.2) is 155 Å². The highest BCUT2D eigenvalue weighted by atomic mass is 16.3. The number of aromatic hydroxyl groups is 1. The van der Waals surface area contributed by atoms with E-state index in [2.05, 4.69) is 42.5 Å². The minimum Gasteiger partial charge on any atom is -0.508 e. The van der Waals surface area contributed by atoms with Crippen molar-refractivity contribution in [3.05, 3.63) is 29.8 Å². The van der Waals surface area contributed by atoms with Gasteiger partial charge < -0.3 is 74.8 Å². The third-order valence-corrected chi connectivity index (χ3v) is 10.2. The number of benzene rings is 1. The normalized spacial score (nSPS) is 21.6. The molecule has 12 amide bonds.